The summed E-state index contributed by atoms with van der Waals surface area (Å²) in [6.45, 7) is 0. The van der Waals surface area contributed by atoms with E-state index in [0.29, 0.717) is 0 Å². The van der Waals surface area contributed by atoms with E-state index in [1.54, 1.807) is 7.05 Å². The van der Waals surface area contributed by atoms with Crippen molar-refractivity contribution in [3.8, 4) is 5.88 Å². The molecule has 0 bridgehead atoms. The first-order chi connectivity index (χ1) is 5.11. The Hall–Kier alpha value is -1.72. The van der Waals surface area contributed by atoms with Crippen molar-refractivity contribution >= 4 is 11.8 Å². The molecule has 0 saturated carbocycles. The quantitative estimate of drug-likeness (QED) is 0.570. The fourth-order valence-corrected chi connectivity index (χ4v) is 0.664. The van der Waals surface area contributed by atoms with Crippen LogP contribution in [0.15, 0.2) is 6.20 Å². The molecule has 6 heteroatoms. The fourth-order valence-electron chi connectivity index (χ4n) is 0.664. The molecule has 0 spiro atoms. The van der Waals surface area contributed by atoms with Gasteiger partial charge in [0.2, 0.25) is 5.88 Å². The summed E-state index contributed by atoms with van der Waals surface area (Å²) in [5.74, 6) is 0.164. The lowest BCUT2D eigenvalue weighted by Crippen LogP contribution is -2.18. The standard InChI is InChI=1S/C5H8N4O2/c1-9-4(11-5(7)10)3(6)2-8-9/h2H,6H2,1H3,(H2,7,10). The van der Waals surface area contributed by atoms with Crippen LogP contribution in [0.5, 0.6) is 5.88 Å². The Morgan fingerprint density at radius 1 is 1.82 bits per heavy atom. The van der Waals surface area contributed by atoms with Crippen LogP contribution in [0.25, 0.3) is 0 Å². The summed E-state index contributed by atoms with van der Waals surface area (Å²) < 4.78 is 5.85. The second-order valence-electron chi connectivity index (χ2n) is 1.95. The van der Waals surface area contributed by atoms with Gasteiger partial charge in [0, 0.05) is 7.05 Å². The van der Waals surface area contributed by atoms with Crippen LogP contribution in [0.3, 0.4) is 0 Å². The summed E-state index contributed by atoms with van der Waals surface area (Å²) in [5.41, 5.74) is 10.4. The minimum Gasteiger partial charge on any atom is -0.393 e. The Kier molecular flexibility index (Phi) is 1.67. The molecule has 0 aromatic carbocycles. The first-order valence-electron chi connectivity index (χ1n) is 2.86. The molecule has 6 nitrogen and oxygen atoms in total. The molecule has 0 radical (unpaired) electrons. The highest BCUT2D eigenvalue weighted by Crippen LogP contribution is 2.18. The normalized spacial score (nSPS) is 9.55. The Bertz CT molecular complexity index is 261. The van der Waals surface area contributed by atoms with E-state index >= 15 is 0 Å². The molecule has 0 saturated heterocycles. The van der Waals surface area contributed by atoms with Crippen LogP contribution < -0.4 is 16.2 Å². The van der Waals surface area contributed by atoms with E-state index < -0.39 is 6.09 Å². The van der Waals surface area contributed by atoms with Crippen LogP contribution in [0, 0.1) is 0 Å². The highest BCUT2D eigenvalue weighted by atomic mass is 16.6. The minimum absolute atomic E-state index is 0.164. The Morgan fingerprint density at radius 2 is 2.45 bits per heavy atom. The Balaban J connectivity index is 2.92. The van der Waals surface area contributed by atoms with Crippen molar-refractivity contribution in [3.63, 3.8) is 0 Å². The van der Waals surface area contributed by atoms with Crippen LogP contribution in [0.4, 0.5) is 10.5 Å². The zero-order valence-corrected chi connectivity index (χ0v) is 5.94. The van der Waals surface area contributed by atoms with Crippen LogP contribution in [-0.2, 0) is 7.05 Å². The zero-order chi connectivity index (χ0) is 8.43. The molecular formula is C5H8N4O2. The third-order valence-electron chi connectivity index (χ3n) is 1.11. The number of amides is 1. The summed E-state index contributed by atoms with van der Waals surface area (Å²) in [6.07, 6.45) is 0.471. The molecule has 0 aliphatic carbocycles. The van der Waals surface area contributed by atoms with Crippen molar-refractivity contribution in [2.24, 2.45) is 12.8 Å². The number of aromatic nitrogens is 2. The number of nitrogen functional groups attached to an aromatic ring is 1. The van der Waals surface area contributed by atoms with E-state index in [0.717, 1.165) is 0 Å². The average Bonchev–Trinajstić information content (AvgIpc) is 2.18. The molecule has 1 aromatic rings. The van der Waals surface area contributed by atoms with Crippen LogP contribution in [0.2, 0.25) is 0 Å². The molecule has 11 heavy (non-hydrogen) atoms. The van der Waals surface area contributed by atoms with Gasteiger partial charge in [-0.3, -0.25) is 0 Å². The number of hydrogen-bond acceptors (Lipinski definition) is 4. The molecule has 1 rings (SSSR count). The maximum atomic E-state index is 10.3. The number of nitrogens with two attached hydrogens (primary N) is 2. The van der Waals surface area contributed by atoms with Gasteiger partial charge in [-0.2, -0.15) is 5.10 Å². The highest BCUT2D eigenvalue weighted by Gasteiger charge is 2.08. The van der Waals surface area contributed by atoms with E-state index in [2.05, 4.69) is 9.84 Å². The number of rotatable bonds is 1. The maximum Gasteiger partial charge on any atom is 0.411 e. The fraction of sp³-hybridized carbons (Fsp3) is 0.200. The molecular weight excluding hydrogens is 148 g/mol. The van der Waals surface area contributed by atoms with Gasteiger partial charge in [0.05, 0.1) is 6.20 Å². The lowest BCUT2D eigenvalue weighted by atomic mass is 10.6. The topological polar surface area (TPSA) is 96.2 Å². The number of aryl methyl sites for hydroxylation is 1. The smallest absolute Gasteiger partial charge is 0.393 e. The molecule has 4 N–H and O–H groups in total. The monoisotopic (exact) mass is 156 g/mol. The van der Waals surface area contributed by atoms with Crippen molar-refractivity contribution in [1.29, 1.82) is 0 Å². The molecule has 0 unspecified atom stereocenters. The van der Waals surface area contributed by atoms with Crippen LogP contribution in [0.1, 0.15) is 0 Å². The third-order valence-corrected chi connectivity index (χ3v) is 1.11. The van der Waals surface area contributed by atoms with E-state index in [-0.39, 0.29) is 11.6 Å². The van der Waals surface area contributed by atoms with E-state index in [1.807, 2.05) is 0 Å². The number of carbonyl (C=O) groups excluding carboxylic acids is 1. The van der Waals surface area contributed by atoms with Crippen molar-refractivity contribution in [2.75, 3.05) is 5.73 Å². The van der Waals surface area contributed by atoms with E-state index in [4.69, 9.17) is 11.5 Å². The number of anilines is 1. The van der Waals surface area contributed by atoms with Crippen molar-refractivity contribution in [2.45, 2.75) is 0 Å². The number of carbonyl (C=O) groups is 1. The second-order valence-corrected chi connectivity index (χ2v) is 1.95. The van der Waals surface area contributed by atoms with Gasteiger partial charge in [0.1, 0.15) is 5.69 Å². The SMILES string of the molecule is Cn1ncc(N)c1OC(N)=O. The van der Waals surface area contributed by atoms with Crippen LogP contribution in [-0.4, -0.2) is 15.9 Å². The number of hydrogen-bond donors (Lipinski definition) is 2. The highest BCUT2D eigenvalue weighted by molar-refractivity contribution is 5.69. The van der Waals surface area contributed by atoms with Gasteiger partial charge in [-0.25, -0.2) is 9.48 Å². The third kappa shape index (κ3) is 1.40. The summed E-state index contributed by atoms with van der Waals surface area (Å²) in [4.78, 5) is 10.3. The van der Waals surface area contributed by atoms with Crippen molar-refractivity contribution < 1.29 is 9.53 Å². The summed E-state index contributed by atoms with van der Waals surface area (Å²) in [7, 11) is 1.59. The molecule has 60 valence electrons. The maximum absolute atomic E-state index is 10.3. The zero-order valence-electron chi connectivity index (χ0n) is 5.94. The van der Waals surface area contributed by atoms with Gasteiger partial charge in [-0.1, -0.05) is 0 Å². The van der Waals surface area contributed by atoms with Crippen LogP contribution >= 0.6 is 0 Å². The average molecular weight is 156 g/mol. The number of ether oxygens (including phenoxy) is 1. The molecule has 1 aromatic heterocycles. The van der Waals surface area contributed by atoms with Gasteiger partial charge in [0.25, 0.3) is 0 Å². The van der Waals surface area contributed by atoms with Crippen molar-refractivity contribution in [3.05, 3.63) is 6.20 Å². The summed E-state index contributed by atoms with van der Waals surface area (Å²) in [5, 5.41) is 3.73. The largest absolute Gasteiger partial charge is 0.411 e. The van der Waals surface area contributed by atoms with Gasteiger partial charge in [-0.05, 0) is 0 Å². The lowest BCUT2D eigenvalue weighted by molar-refractivity contribution is 0.207. The molecule has 0 atom stereocenters. The molecule has 0 fully saturated rings. The molecule has 0 aliphatic rings. The van der Waals surface area contributed by atoms with Gasteiger partial charge in [0.15, 0.2) is 0 Å². The Morgan fingerprint density at radius 3 is 2.82 bits per heavy atom. The number of nitrogens with zero attached hydrogens (tertiary/aromatic N) is 2. The lowest BCUT2D eigenvalue weighted by Gasteiger charge is -2.00. The van der Waals surface area contributed by atoms with Crippen molar-refractivity contribution in [1.82, 2.24) is 9.78 Å². The van der Waals surface area contributed by atoms with E-state index in [9.17, 15) is 4.79 Å². The first-order valence-corrected chi connectivity index (χ1v) is 2.86. The predicted molar refractivity (Wildman–Crippen MR) is 37.8 cm³/mol. The molecule has 1 heterocycles. The molecule has 0 aliphatic heterocycles. The number of primary amides is 1. The second kappa shape index (κ2) is 2.49. The predicted octanol–water partition coefficient (Wildman–Crippen LogP) is -0.540. The Labute approximate surface area is 62.7 Å². The van der Waals surface area contributed by atoms with Gasteiger partial charge in [-0.15, -0.1) is 0 Å². The van der Waals surface area contributed by atoms with E-state index in [1.165, 1.54) is 10.9 Å². The molecule has 1 amide bonds. The van der Waals surface area contributed by atoms with Gasteiger partial charge >= 0.3 is 6.09 Å². The summed E-state index contributed by atoms with van der Waals surface area (Å²) >= 11 is 0. The first kappa shape index (κ1) is 7.39. The minimum atomic E-state index is -0.903. The van der Waals surface area contributed by atoms with Gasteiger partial charge < -0.3 is 16.2 Å². The summed E-state index contributed by atoms with van der Waals surface area (Å²) in [6, 6.07) is 0.